The third-order valence-electron chi connectivity index (χ3n) is 2.07. The van der Waals surface area contributed by atoms with Gasteiger partial charge in [0.15, 0.2) is 0 Å². The maximum Gasteiger partial charge on any atom is 0.106 e. The number of thioether (sulfide) groups is 1. The lowest BCUT2D eigenvalue weighted by Gasteiger charge is -2.14. The van der Waals surface area contributed by atoms with Crippen LogP contribution in [-0.2, 0) is 0 Å². The first-order valence-corrected chi connectivity index (χ1v) is 5.64. The predicted molar refractivity (Wildman–Crippen MR) is 53.5 cm³/mol. The van der Waals surface area contributed by atoms with Gasteiger partial charge in [-0.25, -0.2) is 4.39 Å². The van der Waals surface area contributed by atoms with Gasteiger partial charge in [-0.3, -0.25) is 0 Å². The van der Waals surface area contributed by atoms with Crippen molar-refractivity contribution < 1.29 is 4.39 Å². The van der Waals surface area contributed by atoms with Gasteiger partial charge in [-0.2, -0.15) is 11.8 Å². The third kappa shape index (κ3) is 4.31. The third-order valence-corrected chi connectivity index (χ3v) is 3.38. The molecule has 1 heterocycles. The normalized spacial score (nSPS) is 24.8. The van der Waals surface area contributed by atoms with E-state index in [0.717, 1.165) is 24.1 Å². The van der Waals surface area contributed by atoms with E-state index in [1.54, 1.807) is 13.8 Å². The fourth-order valence-corrected chi connectivity index (χ4v) is 2.70. The fraction of sp³-hybridized carbons (Fsp3) is 1.00. The van der Waals surface area contributed by atoms with Crippen molar-refractivity contribution in [3.8, 4) is 0 Å². The van der Waals surface area contributed by atoms with Gasteiger partial charge >= 0.3 is 0 Å². The number of hydrogen-bond donors (Lipinski definition) is 1. The van der Waals surface area contributed by atoms with Crippen molar-refractivity contribution in [3.05, 3.63) is 0 Å². The molecule has 1 nitrogen and oxygen atoms in total. The number of halogens is 1. The van der Waals surface area contributed by atoms with E-state index in [4.69, 9.17) is 0 Å². The van der Waals surface area contributed by atoms with Gasteiger partial charge in [0.25, 0.3) is 0 Å². The lowest BCUT2D eigenvalue weighted by atomic mass is 10.1. The Kier molecular flexibility index (Phi) is 3.84. The number of rotatable bonds is 4. The Morgan fingerprint density at radius 2 is 2.33 bits per heavy atom. The summed E-state index contributed by atoms with van der Waals surface area (Å²) in [6, 6.07) is 0. The molecule has 0 aliphatic carbocycles. The van der Waals surface area contributed by atoms with E-state index in [1.165, 1.54) is 6.42 Å². The molecule has 1 atom stereocenters. The van der Waals surface area contributed by atoms with Crippen molar-refractivity contribution >= 4 is 11.8 Å². The van der Waals surface area contributed by atoms with Gasteiger partial charge in [0.1, 0.15) is 5.67 Å². The summed E-state index contributed by atoms with van der Waals surface area (Å²) in [7, 11) is 0. The van der Waals surface area contributed by atoms with Crippen LogP contribution in [0.1, 0.15) is 26.7 Å². The van der Waals surface area contributed by atoms with Crippen LogP contribution < -0.4 is 5.32 Å². The summed E-state index contributed by atoms with van der Waals surface area (Å²) in [5, 5.41) is 4.03. The number of hydrogen-bond acceptors (Lipinski definition) is 2. The highest BCUT2D eigenvalue weighted by Gasteiger charge is 2.18. The van der Waals surface area contributed by atoms with Crippen LogP contribution >= 0.6 is 11.8 Å². The van der Waals surface area contributed by atoms with Crippen LogP contribution in [0.4, 0.5) is 4.39 Å². The molecule has 3 heteroatoms. The van der Waals surface area contributed by atoms with Gasteiger partial charge < -0.3 is 5.32 Å². The average Bonchev–Trinajstić information content (AvgIpc) is 2.36. The second-order valence-corrected chi connectivity index (χ2v) is 5.36. The van der Waals surface area contributed by atoms with Crippen molar-refractivity contribution in [2.45, 2.75) is 37.6 Å². The van der Waals surface area contributed by atoms with E-state index in [9.17, 15) is 4.39 Å². The Bertz CT molecular complexity index is 127. The van der Waals surface area contributed by atoms with E-state index in [-0.39, 0.29) is 0 Å². The molecular weight excluding hydrogens is 173 g/mol. The van der Waals surface area contributed by atoms with E-state index in [1.807, 2.05) is 11.8 Å². The molecule has 1 fully saturated rings. The van der Waals surface area contributed by atoms with Crippen molar-refractivity contribution in [3.63, 3.8) is 0 Å². The van der Waals surface area contributed by atoms with E-state index in [0.29, 0.717) is 6.42 Å². The first kappa shape index (κ1) is 10.3. The van der Waals surface area contributed by atoms with Gasteiger partial charge in [-0.1, -0.05) is 0 Å². The molecule has 12 heavy (non-hydrogen) atoms. The second kappa shape index (κ2) is 4.47. The minimum atomic E-state index is -0.987. The van der Waals surface area contributed by atoms with Crippen molar-refractivity contribution in [1.82, 2.24) is 5.32 Å². The zero-order valence-corrected chi connectivity index (χ0v) is 8.72. The zero-order chi connectivity index (χ0) is 9.03. The van der Waals surface area contributed by atoms with E-state index >= 15 is 0 Å². The Hall–Kier alpha value is 0.240. The van der Waals surface area contributed by atoms with Gasteiger partial charge in [0, 0.05) is 11.8 Å². The standard InChI is InChI=1S/C9H18FNS/c1-9(2,10)4-6-12-8-3-5-11-7-8/h8,11H,3-7H2,1-2H3. The SMILES string of the molecule is CC(C)(F)CCSC1CCNC1. The summed E-state index contributed by atoms with van der Waals surface area (Å²) < 4.78 is 13.0. The van der Waals surface area contributed by atoms with Gasteiger partial charge in [-0.05, 0) is 39.0 Å². The zero-order valence-electron chi connectivity index (χ0n) is 7.90. The summed E-state index contributed by atoms with van der Waals surface area (Å²) in [6.07, 6.45) is 1.92. The molecule has 0 bridgehead atoms. The molecular formula is C9H18FNS. The Morgan fingerprint density at radius 3 is 2.83 bits per heavy atom. The van der Waals surface area contributed by atoms with Crippen LogP contribution in [0, 0.1) is 0 Å². The summed E-state index contributed by atoms with van der Waals surface area (Å²) >= 11 is 1.91. The highest BCUT2D eigenvalue weighted by molar-refractivity contribution is 7.99. The van der Waals surface area contributed by atoms with Gasteiger partial charge in [-0.15, -0.1) is 0 Å². The largest absolute Gasteiger partial charge is 0.316 e. The molecule has 1 aliphatic rings. The maximum absolute atomic E-state index is 13.0. The molecule has 1 N–H and O–H groups in total. The predicted octanol–water partition coefficient (Wildman–Crippen LogP) is 2.22. The molecule has 0 radical (unpaired) electrons. The molecule has 1 saturated heterocycles. The quantitative estimate of drug-likeness (QED) is 0.731. The summed E-state index contributed by atoms with van der Waals surface area (Å²) in [5.74, 6) is 0.954. The molecule has 0 saturated carbocycles. The minimum absolute atomic E-state index is 0.675. The average molecular weight is 191 g/mol. The molecule has 0 aromatic heterocycles. The maximum atomic E-state index is 13.0. The molecule has 0 aromatic rings. The summed E-state index contributed by atoms with van der Waals surface area (Å²) in [6.45, 7) is 5.55. The van der Waals surface area contributed by atoms with E-state index < -0.39 is 5.67 Å². The highest BCUT2D eigenvalue weighted by Crippen LogP contribution is 2.22. The highest BCUT2D eigenvalue weighted by atomic mass is 32.2. The van der Waals surface area contributed by atoms with E-state index in [2.05, 4.69) is 5.32 Å². The minimum Gasteiger partial charge on any atom is -0.316 e. The number of nitrogens with one attached hydrogen (secondary N) is 1. The van der Waals surface area contributed by atoms with Gasteiger partial charge in [0.05, 0.1) is 0 Å². The van der Waals surface area contributed by atoms with Crippen LogP contribution in [0.25, 0.3) is 0 Å². The summed E-state index contributed by atoms with van der Waals surface area (Å²) in [4.78, 5) is 0. The Morgan fingerprint density at radius 1 is 1.58 bits per heavy atom. The molecule has 0 aromatic carbocycles. The van der Waals surface area contributed by atoms with Crippen LogP contribution in [0.3, 0.4) is 0 Å². The smallest absolute Gasteiger partial charge is 0.106 e. The van der Waals surface area contributed by atoms with Crippen LogP contribution in [0.2, 0.25) is 0 Å². The summed E-state index contributed by atoms with van der Waals surface area (Å²) in [5.41, 5.74) is -0.987. The lowest BCUT2D eigenvalue weighted by molar-refractivity contribution is 0.212. The second-order valence-electron chi connectivity index (χ2n) is 3.95. The molecule has 0 amide bonds. The lowest BCUT2D eigenvalue weighted by Crippen LogP contribution is -2.15. The molecule has 1 rings (SSSR count). The monoisotopic (exact) mass is 191 g/mol. The van der Waals surface area contributed by atoms with Crippen molar-refractivity contribution in [2.24, 2.45) is 0 Å². The molecule has 72 valence electrons. The van der Waals surface area contributed by atoms with Gasteiger partial charge in [0.2, 0.25) is 0 Å². The Balaban J connectivity index is 2.02. The topological polar surface area (TPSA) is 12.0 Å². The molecule has 1 aliphatic heterocycles. The van der Waals surface area contributed by atoms with Crippen molar-refractivity contribution in [2.75, 3.05) is 18.8 Å². The van der Waals surface area contributed by atoms with Crippen LogP contribution in [0.5, 0.6) is 0 Å². The first-order chi connectivity index (χ1) is 5.58. The molecule has 1 unspecified atom stereocenters. The van der Waals surface area contributed by atoms with Crippen molar-refractivity contribution in [1.29, 1.82) is 0 Å². The fourth-order valence-electron chi connectivity index (χ4n) is 1.24. The van der Waals surface area contributed by atoms with Crippen LogP contribution in [-0.4, -0.2) is 29.8 Å². The van der Waals surface area contributed by atoms with Crippen LogP contribution in [0.15, 0.2) is 0 Å². The Labute approximate surface area is 78.5 Å². The first-order valence-electron chi connectivity index (χ1n) is 4.59. The number of alkyl halides is 1. The molecule has 0 spiro atoms.